The van der Waals surface area contributed by atoms with Gasteiger partial charge in [0.2, 0.25) is 5.95 Å². The zero-order valence-electron chi connectivity index (χ0n) is 18.4. The molecule has 0 aliphatic carbocycles. The minimum absolute atomic E-state index is 0.0117. The van der Waals surface area contributed by atoms with Crippen LogP contribution >= 0.6 is 0 Å². The minimum Gasteiger partial charge on any atom is -0.468 e. The molecule has 0 N–H and O–H groups in total. The van der Waals surface area contributed by atoms with E-state index in [9.17, 15) is 4.79 Å². The predicted molar refractivity (Wildman–Crippen MR) is 125 cm³/mol. The molecule has 0 bridgehead atoms. The van der Waals surface area contributed by atoms with Crippen molar-refractivity contribution in [3.63, 3.8) is 0 Å². The first kappa shape index (κ1) is 20.3. The molecule has 0 saturated heterocycles. The Labute approximate surface area is 187 Å². The van der Waals surface area contributed by atoms with Crippen molar-refractivity contribution in [1.82, 2.24) is 14.5 Å². The third kappa shape index (κ3) is 3.97. The van der Waals surface area contributed by atoms with Crippen LogP contribution in [0.5, 0.6) is 0 Å². The molecule has 6 heteroatoms. The lowest BCUT2D eigenvalue weighted by Crippen LogP contribution is -2.47. The summed E-state index contributed by atoms with van der Waals surface area (Å²) in [5, 5.41) is 0. The van der Waals surface area contributed by atoms with Gasteiger partial charge >= 0.3 is 0 Å². The molecule has 32 heavy (non-hydrogen) atoms. The molecule has 0 unspecified atom stereocenters. The highest BCUT2D eigenvalue weighted by Crippen LogP contribution is 2.29. The van der Waals surface area contributed by atoms with E-state index >= 15 is 0 Å². The largest absolute Gasteiger partial charge is 0.468 e. The Morgan fingerprint density at radius 2 is 1.72 bits per heavy atom. The summed E-state index contributed by atoms with van der Waals surface area (Å²) in [6.07, 6.45) is 2.25. The van der Waals surface area contributed by atoms with Gasteiger partial charge in [0.05, 0.1) is 31.8 Å². The van der Waals surface area contributed by atoms with Crippen molar-refractivity contribution < 1.29 is 4.42 Å². The first-order chi connectivity index (χ1) is 15.6. The maximum Gasteiger partial charge on any atom is 0.259 e. The summed E-state index contributed by atoms with van der Waals surface area (Å²) in [4.78, 5) is 22.9. The van der Waals surface area contributed by atoms with E-state index in [1.54, 1.807) is 10.8 Å². The van der Waals surface area contributed by atoms with Crippen LogP contribution in [0.2, 0.25) is 0 Å². The summed E-state index contributed by atoms with van der Waals surface area (Å²) < 4.78 is 7.36. The number of rotatable bonds is 5. The number of fused-ring (bicyclic) bond motifs is 1. The maximum absolute atomic E-state index is 13.7. The monoisotopic (exact) mass is 426 g/mol. The SMILES string of the molecule is Cc1ccc(N2CN(Cc3ccco3)Cn3c2nc(C)c(Cc2ccccc2)c3=O)cc1. The molecular weight excluding hydrogens is 400 g/mol. The quantitative estimate of drug-likeness (QED) is 0.466. The molecule has 6 nitrogen and oxygen atoms in total. The van der Waals surface area contributed by atoms with Gasteiger partial charge in [0.1, 0.15) is 5.76 Å². The van der Waals surface area contributed by atoms with Crippen LogP contribution in [0, 0.1) is 13.8 Å². The average Bonchev–Trinajstić information content (AvgIpc) is 3.31. The fourth-order valence-electron chi connectivity index (χ4n) is 4.18. The van der Waals surface area contributed by atoms with Crippen molar-refractivity contribution in [1.29, 1.82) is 0 Å². The highest BCUT2D eigenvalue weighted by atomic mass is 16.3. The predicted octanol–water partition coefficient (Wildman–Crippen LogP) is 4.61. The van der Waals surface area contributed by atoms with Crippen LogP contribution in [0.15, 0.2) is 82.2 Å². The summed E-state index contributed by atoms with van der Waals surface area (Å²) >= 11 is 0. The first-order valence-electron chi connectivity index (χ1n) is 10.8. The van der Waals surface area contributed by atoms with E-state index in [-0.39, 0.29) is 5.56 Å². The molecule has 1 aliphatic rings. The number of hydrogen-bond donors (Lipinski definition) is 0. The summed E-state index contributed by atoms with van der Waals surface area (Å²) in [6, 6.07) is 22.2. The van der Waals surface area contributed by atoms with Crippen molar-refractivity contribution in [2.45, 2.75) is 33.5 Å². The van der Waals surface area contributed by atoms with E-state index < -0.39 is 0 Å². The Bertz CT molecular complexity index is 1260. The van der Waals surface area contributed by atoms with E-state index in [1.807, 2.05) is 49.4 Å². The fourth-order valence-corrected chi connectivity index (χ4v) is 4.18. The topological polar surface area (TPSA) is 54.5 Å². The second-order valence-electron chi connectivity index (χ2n) is 8.33. The van der Waals surface area contributed by atoms with Crippen molar-refractivity contribution in [3.05, 3.63) is 111 Å². The van der Waals surface area contributed by atoms with Crippen LogP contribution in [0.1, 0.15) is 28.1 Å². The van der Waals surface area contributed by atoms with Crippen molar-refractivity contribution in [2.24, 2.45) is 0 Å². The summed E-state index contributed by atoms with van der Waals surface area (Å²) in [5.74, 6) is 1.55. The van der Waals surface area contributed by atoms with E-state index in [2.05, 4.69) is 41.0 Å². The highest BCUT2D eigenvalue weighted by molar-refractivity contribution is 5.59. The van der Waals surface area contributed by atoms with Crippen LogP contribution in [0.4, 0.5) is 11.6 Å². The van der Waals surface area contributed by atoms with Gasteiger partial charge in [-0.2, -0.15) is 0 Å². The van der Waals surface area contributed by atoms with Crippen molar-refractivity contribution in [3.8, 4) is 0 Å². The fraction of sp³-hybridized carbons (Fsp3) is 0.231. The van der Waals surface area contributed by atoms with Gasteiger partial charge in [0, 0.05) is 17.7 Å². The lowest BCUT2D eigenvalue weighted by Gasteiger charge is -2.38. The van der Waals surface area contributed by atoms with Crippen LogP contribution in [0.25, 0.3) is 0 Å². The maximum atomic E-state index is 13.7. The zero-order valence-corrected chi connectivity index (χ0v) is 18.4. The van der Waals surface area contributed by atoms with Gasteiger partial charge in [0.15, 0.2) is 0 Å². The Balaban J connectivity index is 1.58. The van der Waals surface area contributed by atoms with Crippen LogP contribution < -0.4 is 10.5 Å². The molecule has 4 aromatic rings. The molecule has 0 fully saturated rings. The molecule has 0 amide bonds. The lowest BCUT2D eigenvalue weighted by atomic mass is 10.1. The number of aryl methyl sites for hydroxylation is 2. The Morgan fingerprint density at radius 3 is 2.44 bits per heavy atom. The van der Waals surface area contributed by atoms with Gasteiger partial charge in [-0.25, -0.2) is 4.98 Å². The smallest absolute Gasteiger partial charge is 0.259 e. The number of hydrogen-bond acceptors (Lipinski definition) is 5. The van der Waals surface area contributed by atoms with Crippen LogP contribution in [0.3, 0.4) is 0 Å². The zero-order chi connectivity index (χ0) is 22.1. The number of benzene rings is 2. The third-order valence-electron chi connectivity index (χ3n) is 5.90. The van der Waals surface area contributed by atoms with Gasteiger partial charge in [-0.3, -0.25) is 19.2 Å². The summed E-state index contributed by atoms with van der Waals surface area (Å²) in [7, 11) is 0. The van der Waals surface area contributed by atoms with Gasteiger partial charge in [-0.05, 0) is 43.7 Å². The highest BCUT2D eigenvalue weighted by Gasteiger charge is 2.28. The first-order valence-corrected chi connectivity index (χ1v) is 10.8. The second kappa shape index (κ2) is 8.48. The summed E-state index contributed by atoms with van der Waals surface area (Å²) in [6.45, 7) is 5.70. The van der Waals surface area contributed by atoms with E-state index in [0.717, 1.165) is 28.3 Å². The molecule has 3 heterocycles. The normalized spacial score (nSPS) is 13.9. The van der Waals surface area contributed by atoms with Crippen LogP contribution in [-0.4, -0.2) is 21.1 Å². The molecular formula is C26H26N4O2. The molecule has 2 aromatic heterocycles. The van der Waals surface area contributed by atoms with Gasteiger partial charge < -0.3 is 4.42 Å². The van der Waals surface area contributed by atoms with E-state index in [1.165, 1.54) is 5.56 Å². The van der Waals surface area contributed by atoms with Gasteiger partial charge in [0.25, 0.3) is 5.56 Å². The third-order valence-corrected chi connectivity index (χ3v) is 5.90. The summed E-state index contributed by atoms with van der Waals surface area (Å²) in [5.41, 5.74) is 4.84. The Kier molecular flexibility index (Phi) is 5.37. The standard InChI is InChI=1S/C26H26N4O2/c1-19-10-12-22(13-11-19)29-17-28(16-23-9-6-14-32-23)18-30-25(31)24(20(2)27-26(29)30)15-21-7-4-3-5-8-21/h3-14H,15-18H2,1-2H3. The molecule has 5 rings (SSSR count). The second-order valence-corrected chi connectivity index (χ2v) is 8.33. The molecule has 0 atom stereocenters. The molecule has 1 aliphatic heterocycles. The van der Waals surface area contributed by atoms with Crippen molar-refractivity contribution in [2.75, 3.05) is 11.6 Å². The molecule has 0 spiro atoms. The molecule has 0 radical (unpaired) electrons. The lowest BCUT2D eigenvalue weighted by molar-refractivity contribution is 0.176. The van der Waals surface area contributed by atoms with Crippen LogP contribution in [-0.2, 0) is 19.6 Å². The molecule has 162 valence electrons. The molecule has 2 aromatic carbocycles. The average molecular weight is 427 g/mol. The van der Waals surface area contributed by atoms with Gasteiger partial charge in [-0.1, -0.05) is 48.0 Å². The minimum atomic E-state index is 0.0117. The Morgan fingerprint density at radius 1 is 0.938 bits per heavy atom. The van der Waals surface area contributed by atoms with E-state index in [0.29, 0.717) is 32.3 Å². The number of furan rings is 1. The number of aromatic nitrogens is 2. The van der Waals surface area contributed by atoms with Crippen molar-refractivity contribution >= 4 is 11.6 Å². The Hall–Kier alpha value is -3.64. The number of nitrogens with zero attached hydrogens (tertiary/aromatic N) is 4. The van der Waals surface area contributed by atoms with Gasteiger partial charge in [-0.15, -0.1) is 0 Å². The number of anilines is 2. The van der Waals surface area contributed by atoms with E-state index in [4.69, 9.17) is 9.40 Å². The molecule has 0 saturated carbocycles.